The van der Waals surface area contributed by atoms with E-state index in [1.165, 1.54) is 0 Å². The van der Waals surface area contributed by atoms with Crippen LogP contribution in [0.5, 0.6) is 0 Å². The van der Waals surface area contributed by atoms with Crippen LogP contribution in [0, 0.1) is 13.8 Å². The number of piperazine rings is 1. The first-order valence-corrected chi connectivity index (χ1v) is 11.4. The van der Waals surface area contributed by atoms with Crippen LogP contribution in [0.4, 0.5) is 5.69 Å². The number of halogens is 2. The van der Waals surface area contributed by atoms with Crippen LogP contribution in [0.15, 0.2) is 41.0 Å². The Hall–Kier alpha value is -2.06. The van der Waals surface area contributed by atoms with E-state index in [0.717, 1.165) is 66.2 Å². The van der Waals surface area contributed by atoms with Crippen molar-refractivity contribution in [3.8, 4) is 0 Å². The summed E-state index contributed by atoms with van der Waals surface area (Å²) in [5.41, 5.74) is 3.95. The molecule has 0 bridgehead atoms. The summed E-state index contributed by atoms with van der Waals surface area (Å²) in [7, 11) is 0. The van der Waals surface area contributed by atoms with Crippen LogP contribution in [0.1, 0.15) is 22.7 Å². The molecule has 2 aromatic heterocycles. The molecule has 0 amide bonds. The SMILES string of the molecule is Cc1nn(Cc2ccc(Cl)c(Cl)c2)c(C)c1NC(=S)N1CCN(Cc2ccco2)CC1. The average molecular weight is 478 g/mol. The van der Waals surface area contributed by atoms with E-state index in [1.807, 2.05) is 48.9 Å². The van der Waals surface area contributed by atoms with Crippen LogP contribution in [0.25, 0.3) is 0 Å². The molecule has 1 N–H and O–H groups in total. The highest BCUT2D eigenvalue weighted by molar-refractivity contribution is 7.80. The van der Waals surface area contributed by atoms with Crippen LogP contribution >= 0.6 is 35.4 Å². The smallest absolute Gasteiger partial charge is 0.173 e. The van der Waals surface area contributed by atoms with E-state index in [9.17, 15) is 0 Å². The summed E-state index contributed by atoms with van der Waals surface area (Å²) < 4.78 is 7.42. The Morgan fingerprint density at radius 1 is 1.10 bits per heavy atom. The first-order valence-electron chi connectivity index (χ1n) is 10.2. The highest BCUT2D eigenvalue weighted by Gasteiger charge is 2.21. The van der Waals surface area contributed by atoms with Crippen molar-refractivity contribution in [1.29, 1.82) is 0 Å². The Labute approximate surface area is 197 Å². The zero-order chi connectivity index (χ0) is 22.0. The molecule has 6 nitrogen and oxygen atoms in total. The van der Waals surface area contributed by atoms with Gasteiger partial charge in [0.25, 0.3) is 0 Å². The van der Waals surface area contributed by atoms with E-state index >= 15 is 0 Å². The van der Waals surface area contributed by atoms with Gasteiger partial charge in [-0.3, -0.25) is 9.58 Å². The van der Waals surface area contributed by atoms with E-state index in [-0.39, 0.29) is 0 Å². The number of aryl methyl sites for hydroxylation is 1. The molecule has 3 aromatic rings. The molecule has 164 valence electrons. The van der Waals surface area contributed by atoms with Gasteiger partial charge < -0.3 is 14.6 Å². The minimum absolute atomic E-state index is 0.548. The van der Waals surface area contributed by atoms with Crippen molar-refractivity contribution in [3.05, 3.63) is 69.4 Å². The lowest BCUT2D eigenvalue weighted by Crippen LogP contribution is -2.49. The lowest BCUT2D eigenvalue weighted by molar-refractivity contribution is 0.166. The molecule has 0 unspecified atom stereocenters. The maximum atomic E-state index is 6.16. The maximum Gasteiger partial charge on any atom is 0.173 e. The Morgan fingerprint density at radius 2 is 1.87 bits per heavy atom. The van der Waals surface area contributed by atoms with Crippen molar-refractivity contribution in [2.24, 2.45) is 0 Å². The third-order valence-electron chi connectivity index (χ3n) is 5.55. The van der Waals surface area contributed by atoms with Crippen LogP contribution in [0.3, 0.4) is 0 Å². The minimum Gasteiger partial charge on any atom is -0.468 e. The summed E-state index contributed by atoms with van der Waals surface area (Å²) in [4.78, 5) is 4.59. The Bertz CT molecular complexity index is 1060. The zero-order valence-corrected chi connectivity index (χ0v) is 19.9. The van der Waals surface area contributed by atoms with E-state index in [2.05, 4.69) is 15.1 Å². The lowest BCUT2D eigenvalue weighted by atomic mass is 10.2. The van der Waals surface area contributed by atoms with Gasteiger partial charge in [0.1, 0.15) is 5.76 Å². The molecule has 1 aliphatic heterocycles. The Kier molecular flexibility index (Phi) is 6.86. The van der Waals surface area contributed by atoms with Gasteiger partial charge in [-0.05, 0) is 55.9 Å². The highest BCUT2D eigenvalue weighted by atomic mass is 35.5. The first-order chi connectivity index (χ1) is 14.9. The van der Waals surface area contributed by atoms with E-state index in [1.54, 1.807) is 6.26 Å². The molecule has 0 radical (unpaired) electrons. The third-order valence-corrected chi connectivity index (χ3v) is 6.65. The largest absolute Gasteiger partial charge is 0.468 e. The van der Waals surface area contributed by atoms with Gasteiger partial charge in [-0.1, -0.05) is 29.3 Å². The lowest BCUT2D eigenvalue weighted by Gasteiger charge is -2.35. The first kappa shape index (κ1) is 22.1. The van der Waals surface area contributed by atoms with Crippen LogP contribution in [0.2, 0.25) is 10.0 Å². The van der Waals surface area contributed by atoms with Crippen LogP contribution in [-0.4, -0.2) is 50.9 Å². The van der Waals surface area contributed by atoms with Crippen molar-refractivity contribution in [3.63, 3.8) is 0 Å². The quantitative estimate of drug-likeness (QED) is 0.523. The molecular formula is C22H25Cl2N5OS. The molecule has 1 aliphatic rings. The predicted molar refractivity (Wildman–Crippen MR) is 129 cm³/mol. The van der Waals surface area contributed by atoms with Gasteiger partial charge >= 0.3 is 0 Å². The van der Waals surface area contributed by atoms with Crippen molar-refractivity contribution >= 4 is 46.2 Å². The molecule has 0 aliphatic carbocycles. The molecule has 0 atom stereocenters. The topological polar surface area (TPSA) is 49.5 Å². The maximum absolute atomic E-state index is 6.16. The van der Waals surface area contributed by atoms with Gasteiger partial charge in [0.2, 0.25) is 0 Å². The van der Waals surface area contributed by atoms with Gasteiger partial charge in [0.15, 0.2) is 5.11 Å². The number of nitrogens with one attached hydrogen (secondary N) is 1. The van der Waals surface area contributed by atoms with Crippen LogP contribution in [-0.2, 0) is 13.1 Å². The van der Waals surface area contributed by atoms with Crippen molar-refractivity contribution in [2.45, 2.75) is 26.9 Å². The number of benzene rings is 1. The molecule has 4 rings (SSSR count). The van der Waals surface area contributed by atoms with Crippen LogP contribution < -0.4 is 5.32 Å². The fourth-order valence-corrected chi connectivity index (χ4v) is 4.37. The minimum atomic E-state index is 0.548. The number of anilines is 1. The van der Waals surface area contributed by atoms with E-state index in [0.29, 0.717) is 16.6 Å². The van der Waals surface area contributed by atoms with Gasteiger partial charge in [0.05, 0.1) is 46.5 Å². The molecule has 3 heterocycles. The number of rotatable bonds is 5. The number of thiocarbonyl (C=S) groups is 1. The highest BCUT2D eigenvalue weighted by Crippen LogP contribution is 2.25. The summed E-state index contributed by atoms with van der Waals surface area (Å²) in [5.74, 6) is 0.995. The standard InChI is InChI=1S/C22H25Cl2N5OS/c1-15-21(16(2)29(26-15)13-17-5-6-19(23)20(24)12-17)25-22(31)28-9-7-27(8-10-28)14-18-4-3-11-30-18/h3-6,11-12H,7-10,13-14H2,1-2H3,(H,25,31). The number of nitrogens with zero attached hydrogens (tertiary/aromatic N) is 4. The fourth-order valence-electron chi connectivity index (χ4n) is 3.76. The second-order valence-corrected chi connectivity index (χ2v) is 8.93. The average Bonchev–Trinajstić information content (AvgIpc) is 3.35. The monoisotopic (exact) mass is 477 g/mol. The second-order valence-electron chi connectivity index (χ2n) is 7.72. The molecule has 0 saturated carbocycles. The molecule has 31 heavy (non-hydrogen) atoms. The summed E-state index contributed by atoms with van der Waals surface area (Å²) in [6.07, 6.45) is 1.72. The zero-order valence-electron chi connectivity index (χ0n) is 17.6. The number of hydrogen-bond donors (Lipinski definition) is 1. The van der Waals surface area contributed by atoms with E-state index < -0.39 is 0 Å². The molecular weight excluding hydrogens is 453 g/mol. The number of aromatic nitrogens is 2. The van der Waals surface area contributed by atoms with Crippen molar-refractivity contribution in [1.82, 2.24) is 19.6 Å². The molecule has 0 spiro atoms. The molecule has 9 heteroatoms. The Balaban J connectivity index is 1.36. The van der Waals surface area contributed by atoms with Gasteiger partial charge in [-0.25, -0.2) is 0 Å². The third kappa shape index (κ3) is 5.23. The molecule has 1 saturated heterocycles. The summed E-state index contributed by atoms with van der Waals surface area (Å²) >= 11 is 17.9. The summed E-state index contributed by atoms with van der Waals surface area (Å²) in [6, 6.07) is 9.59. The van der Waals surface area contributed by atoms with Gasteiger partial charge in [-0.2, -0.15) is 5.10 Å². The summed E-state index contributed by atoms with van der Waals surface area (Å²) in [5, 5.41) is 9.95. The van der Waals surface area contributed by atoms with Gasteiger partial charge in [-0.15, -0.1) is 0 Å². The summed E-state index contributed by atoms with van der Waals surface area (Å²) in [6.45, 7) is 9.12. The fraction of sp³-hybridized carbons (Fsp3) is 0.364. The second kappa shape index (κ2) is 9.61. The van der Waals surface area contributed by atoms with Gasteiger partial charge in [0, 0.05) is 26.2 Å². The van der Waals surface area contributed by atoms with Crippen molar-refractivity contribution < 1.29 is 4.42 Å². The van der Waals surface area contributed by atoms with E-state index in [4.69, 9.17) is 44.9 Å². The molecule has 1 fully saturated rings. The number of hydrogen-bond acceptors (Lipinski definition) is 4. The predicted octanol–water partition coefficient (Wildman–Crippen LogP) is 4.96. The Morgan fingerprint density at radius 3 is 2.55 bits per heavy atom. The molecule has 1 aromatic carbocycles. The normalized spacial score (nSPS) is 14.8. The van der Waals surface area contributed by atoms with Crippen molar-refractivity contribution in [2.75, 3.05) is 31.5 Å². The number of furan rings is 1.